The van der Waals surface area contributed by atoms with Crippen LogP contribution < -0.4 is 10.1 Å². The Morgan fingerprint density at radius 3 is 2.62 bits per heavy atom. The van der Waals surface area contributed by atoms with Crippen molar-refractivity contribution in [3.8, 4) is 23.1 Å². The van der Waals surface area contributed by atoms with Crippen LogP contribution in [0.15, 0.2) is 48.5 Å². The number of nitriles is 1. The van der Waals surface area contributed by atoms with Gasteiger partial charge in [-0.25, -0.2) is 4.39 Å². The van der Waals surface area contributed by atoms with E-state index in [0.29, 0.717) is 28.3 Å². The Kier molecular flexibility index (Phi) is 4.67. The van der Waals surface area contributed by atoms with Gasteiger partial charge in [0.2, 0.25) is 0 Å². The predicted molar refractivity (Wildman–Crippen MR) is 94.3 cm³/mol. The monoisotopic (exact) mass is 350 g/mol. The van der Waals surface area contributed by atoms with Crippen LogP contribution in [0.2, 0.25) is 0 Å². The molecule has 0 bridgehead atoms. The van der Waals surface area contributed by atoms with Crippen molar-refractivity contribution in [3.63, 3.8) is 0 Å². The number of benzene rings is 2. The number of carbonyl (C=O) groups is 1. The molecule has 0 fully saturated rings. The lowest BCUT2D eigenvalue weighted by atomic mass is 10.1. The fourth-order valence-electron chi connectivity index (χ4n) is 2.53. The van der Waals surface area contributed by atoms with Gasteiger partial charge in [0.25, 0.3) is 5.91 Å². The van der Waals surface area contributed by atoms with E-state index >= 15 is 0 Å². The molecule has 1 heterocycles. The van der Waals surface area contributed by atoms with E-state index in [1.54, 1.807) is 37.4 Å². The van der Waals surface area contributed by atoms with Crippen molar-refractivity contribution in [2.24, 2.45) is 7.05 Å². The number of methoxy groups -OCH3 is 1. The third-order valence-corrected chi connectivity index (χ3v) is 3.82. The Hall–Kier alpha value is -3.66. The normalized spacial score (nSPS) is 10.2. The van der Waals surface area contributed by atoms with E-state index in [0.717, 1.165) is 0 Å². The second-order valence-corrected chi connectivity index (χ2v) is 5.53. The van der Waals surface area contributed by atoms with Crippen LogP contribution in [0.5, 0.6) is 5.75 Å². The summed E-state index contributed by atoms with van der Waals surface area (Å²) in [7, 11) is 3.16. The molecule has 1 aromatic heterocycles. The molecule has 0 aliphatic heterocycles. The van der Waals surface area contributed by atoms with Gasteiger partial charge >= 0.3 is 0 Å². The van der Waals surface area contributed by atoms with E-state index in [2.05, 4.69) is 10.4 Å². The van der Waals surface area contributed by atoms with Gasteiger partial charge in [0.1, 0.15) is 11.6 Å². The first kappa shape index (κ1) is 17.2. The first-order valence-corrected chi connectivity index (χ1v) is 7.71. The summed E-state index contributed by atoms with van der Waals surface area (Å²) in [6.45, 7) is 0. The number of amides is 1. The zero-order valence-corrected chi connectivity index (χ0v) is 14.2. The van der Waals surface area contributed by atoms with Crippen molar-refractivity contribution < 1.29 is 13.9 Å². The summed E-state index contributed by atoms with van der Waals surface area (Å²) < 4.78 is 20.4. The summed E-state index contributed by atoms with van der Waals surface area (Å²) >= 11 is 0. The summed E-state index contributed by atoms with van der Waals surface area (Å²) in [5.74, 6) is -0.342. The second-order valence-electron chi connectivity index (χ2n) is 5.53. The SMILES string of the molecule is COc1ccc(F)cc1-c1cc(C(=O)Nc2ccc(C#N)cc2)nn1C. The van der Waals surface area contributed by atoms with Gasteiger partial charge in [-0.1, -0.05) is 0 Å². The Labute approximate surface area is 149 Å². The highest BCUT2D eigenvalue weighted by molar-refractivity contribution is 6.03. The summed E-state index contributed by atoms with van der Waals surface area (Å²) in [6, 6.07) is 14.2. The van der Waals surface area contributed by atoms with Crippen LogP contribution in [0.3, 0.4) is 0 Å². The number of rotatable bonds is 4. The highest BCUT2D eigenvalue weighted by atomic mass is 19.1. The molecule has 0 radical (unpaired) electrons. The van der Waals surface area contributed by atoms with Crippen LogP contribution in [0.4, 0.5) is 10.1 Å². The van der Waals surface area contributed by atoms with Crippen molar-refractivity contribution in [1.82, 2.24) is 9.78 Å². The zero-order valence-electron chi connectivity index (χ0n) is 14.2. The van der Waals surface area contributed by atoms with Gasteiger partial charge in [-0.3, -0.25) is 9.48 Å². The molecule has 1 amide bonds. The molecule has 0 saturated carbocycles. The number of nitrogens with zero attached hydrogens (tertiary/aromatic N) is 3. The van der Waals surface area contributed by atoms with E-state index in [-0.39, 0.29) is 5.69 Å². The zero-order chi connectivity index (χ0) is 18.7. The number of carbonyl (C=O) groups excluding carboxylic acids is 1. The molecule has 6 nitrogen and oxygen atoms in total. The van der Waals surface area contributed by atoms with Gasteiger partial charge in [0, 0.05) is 18.3 Å². The van der Waals surface area contributed by atoms with Crippen molar-refractivity contribution >= 4 is 11.6 Å². The quantitative estimate of drug-likeness (QED) is 0.782. The molecule has 0 saturated heterocycles. The van der Waals surface area contributed by atoms with Crippen LogP contribution in [0, 0.1) is 17.1 Å². The van der Waals surface area contributed by atoms with Gasteiger partial charge in [0.15, 0.2) is 5.69 Å². The fourth-order valence-corrected chi connectivity index (χ4v) is 2.53. The number of nitrogens with one attached hydrogen (secondary N) is 1. The third kappa shape index (κ3) is 3.39. The minimum Gasteiger partial charge on any atom is -0.496 e. The number of aromatic nitrogens is 2. The minimum absolute atomic E-state index is 0.179. The maximum absolute atomic E-state index is 13.6. The van der Waals surface area contributed by atoms with Crippen LogP contribution in [0.25, 0.3) is 11.3 Å². The maximum atomic E-state index is 13.6. The van der Waals surface area contributed by atoms with Crippen LogP contribution in [-0.4, -0.2) is 22.8 Å². The lowest BCUT2D eigenvalue weighted by Gasteiger charge is -2.08. The van der Waals surface area contributed by atoms with Crippen molar-refractivity contribution in [2.45, 2.75) is 0 Å². The highest BCUT2D eigenvalue weighted by Crippen LogP contribution is 2.31. The maximum Gasteiger partial charge on any atom is 0.276 e. The molecule has 130 valence electrons. The average molecular weight is 350 g/mol. The summed E-state index contributed by atoms with van der Waals surface area (Å²) in [6.07, 6.45) is 0. The summed E-state index contributed by atoms with van der Waals surface area (Å²) in [5.41, 5.74) is 2.27. The molecular weight excluding hydrogens is 335 g/mol. The van der Waals surface area contributed by atoms with Gasteiger partial charge in [-0.2, -0.15) is 10.4 Å². The molecule has 0 atom stereocenters. The lowest BCUT2D eigenvalue weighted by Crippen LogP contribution is -2.12. The van der Waals surface area contributed by atoms with Gasteiger partial charge in [0.05, 0.1) is 24.4 Å². The molecule has 1 N–H and O–H groups in total. The molecule has 0 unspecified atom stereocenters. The van der Waals surface area contributed by atoms with E-state index < -0.39 is 11.7 Å². The number of halogens is 1. The Balaban J connectivity index is 1.89. The molecule has 2 aromatic carbocycles. The Bertz CT molecular complexity index is 1000. The number of hydrogen-bond donors (Lipinski definition) is 1. The number of anilines is 1. The van der Waals surface area contributed by atoms with E-state index in [1.807, 2.05) is 6.07 Å². The second kappa shape index (κ2) is 7.07. The van der Waals surface area contributed by atoms with E-state index in [9.17, 15) is 9.18 Å². The summed E-state index contributed by atoms with van der Waals surface area (Å²) in [5, 5.41) is 15.7. The molecule has 3 aromatic rings. The number of aryl methyl sites for hydroxylation is 1. The molecule has 0 aliphatic carbocycles. The van der Waals surface area contributed by atoms with Crippen LogP contribution in [-0.2, 0) is 7.05 Å². The lowest BCUT2D eigenvalue weighted by molar-refractivity contribution is 0.102. The highest BCUT2D eigenvalue weighted by Gasteiger charge is 2.17. The molecule has 26 heavy (non-hydrogen) atoms. The van der Waals surface area contributed by atoms with Gasteiger partial charge in [-0.15, -0.1) is 0 Å². The van der Waals surface area contributed by atoms with Gasteiger partial charge in [-0.05, 0) is 48.5 Å². The van der Waals surface area contributed by atoms with Crippen LogP contribution >= 0.6 is 0 Å². The molecular formula is C19H15FN4O2. The van der Waals surface area contributed by atoms with Crippen LogP contribution in [0.1, 0.15) is 16.1 Å². The van der Waals surface area contributed by atoms with E-state index in [4.69, 9.17) is 10.00 Å². The average Bonchev–Trinajstić information content (AvgIpc) is 3.04. The van der Waals surface area contributed by atoms with E-state index in [1.165, 1.54) is 30.0 Å². The Morgan fingerprint density at radius 2 is 1.96 bits per heavy atom. The fraction of sp³-hybridized carbons (Fsp3) is 0.105. The molecule has 0 spiro atoms. The molecule has 0 aliphatic rings. The standard InChI is InChI=1S/C19H15FN4O2/c1-24-17(15-9-13(20)5-8-18(15)26-2)10-16(23-24)19(25)22-14-6-3-12(11-21)4-7-14/h3-10H,1-2H3,(H,22,25). The first-order chi connectivity index (χ1) is 12.5. The van der Waals surface area contributed by atoms with Crippen molar-refractivity contribution in [3.05, 3.63) is 65.6 Å². The van der Waals surface area contributed by atoms with Crippen molar-refractivity contribution in [1.29, 1.82) is 5.26 Å². The smallest absolute Gasteiger partial charge is 0.276 e. The van der Waals surface area contributed by atoms with Crippen molar-refractivity contribution in [2.75, 3.05) is 12.4 Å². The predicted octanol–water partition coefficient (Wildman–Crippen LogP) is 3.36. The molecule has 3 rings (SSSR count). The largest absolute Gasteiger partial charge is 0.496 e. The summed E-state index contributed by atoms with van der Waals surface area (Å²) in [4.78, 5) is 12.4. The van der Waals surface area contributed by atoms with Gasteiger partial charge < -0.3 is 10.1 Å². The number of hydrogen-bond acceptors (Lipinski definition) is 4. The molecule has 7 heteroatoms. The first-order valence-electron chi connectivity index (χ1n) is 7.71. The third-order valence-electron chi connectivity index (χ3n) is 3.82. The number of ether oxygens (including phenoxy) is 1. The minimum atomic E-state index is -0.411. The Morgan fingerprint density at radius 1 is 1.23 bits per heavy atom. The topological polar surface area (TPSA) is 79.9 Å².